The number of fused-ring (bicyclic) bond motifs is 2. The molecule has 0 aromatic carbocycles. The second-order valence-corrected chi connectivity index (χ2v) is 8.21. The molecule has 2 aromatic rings. The molecule has 0 radical (unpaired) electrons. The third-order valence-electron chi connectivity index (χ3n) is 6.66. The van der Waals surface area contributed by atoms with Crippen LogP contribution in [-0.4, -0.2) is 26.6 Å². The van der Waals surface area contributed by atoms with E-state index >= 15 is 8.63 Å². The van der Waals surface area contributed by atoms with Gasteiger partial charge in [0, 0.05) is 30.0 Å². The van der Waals surface area contributed by atoms with Crippen molar-refractivity contribution in [1.29, 1.82) is 0 Å². The first kappa shape index (κ1) is 19.8. The van der Waals surface area contributed by atoms with Crippen molar-refractivity contribution in [2.75, 3.05) is 0 Å². The molecule has 0 saturated heterocycles. The molecule has 0 aliphatic carbocycles. The van der Waals surface area contributed by atoms with E-state index in [-0.39, 0.29) is 0 Å². The van der Waals surface area contributed by atoms with Gasteiger partial charge in [-0.2, -0.15) is 0 Å². The van der Waals surface area contributed by atoms with Gasteiger partial charge in [0.05, 0.1) is 11.3 Å². The Balaban J connectivity index is 2.22. The zero-order chi connectivity index (χ0) is 21.2. The van der Waals surface area contributed by atoms with Crippen LogP contribution in [0.2, 0.25) is 0 Å². The lowest BCUT2D eigenvalue weighted by Gasteiger charge is -2.33. The van der Waals surface area contributed by atoms with Crippen LogP contribution in [0.25, 0.3) is 5.57 Å². The summed E-state index contributed by atoms with van der Waals surface area (Å²) in [7, 11) is 0. The lowest BCUT2D eigenvalue weighted by Crippen LogP contribution is -2.51. The predicted octanol–water partition coefficient (Wildman–Crippen LogP) is 5.58. The minimum absolute atomic E-state index is 0.622. The third-order valence-corrected chi connectivity index (χ3v) is 6.66. The summed E-state index contributed by atoms with van der Waals surface area (Å²) in [6.45, 7) is 9.66. The van der Waals surface area contributed by atoms with E-state index in [1.807, 2.05) is 66.8 Å². The van der Waals surface area contributed by atoms with Gasteiger partial charge in [0.2, 0.25) is 0 Å². The minimum atomic E-state index is -3.98. The fraction of sp³-hybridized carbons (Fsp3) is 0.391. The van der Waals surface area contributed by atoms with E-state index in [1.165, 1.54) is 8.96 Å². The topological polar surface area (TPSA) is 20.8 Å². The Morgan fingerprint density at radius 1 is 1.03 bits per heavy atom. The molecule has 0 saturated carbocycles. The number of pyridine rings is 1. The number of allylic oxidation sites excluding steroid dienone is 2. The quantitative estimate of drug-likeness (QED) is 0.622. The molecule has 0 bridgehead atoms. The SMILES string of the molecule is CCC1=C(C)C2=C(c3ccc(C)cn3)c3c(C)c(CC)c(C)n3[B-](F)(F)[N+]2=C1C. The Bertz CT molecular complexity index is 1130. The Labute approximate surface area is 171 Å². The number of aromatic nitrogens is 2. The Morgan fingerprint density at radius 3 is 2.28 bits per heavy atom. The fourth-order valence-corrected chi connectivity index (χ4v) is 5.34. The van der Waals surface area contributed by atoms with Crippen molar-refractivity contribution in [3.63, 3.8) is 0 Å². The maximum atomic E-state index is 16.1. The van der Waals surface area contributed by atoms with Crippen molar-refractivity contribution < 1.29 is 13.1 Å². The van der Waals surface area contributed by atoms with Crippen LogP contribution in [0.15, 0.2) is 35.2 Å². The summed E-state index contributed by atoms with van der Waals surface area (Å²) in [4.78, 5) is 4.66. The van der Waals surface area contributed by atoms with E-state index in [4.69, 9.17) is 0 Å². The van der Waals surface area contributed by atoms with E-state index in [2.05, 4.69) is 4.98 Å². The van der Waals surface area contributed by atoms with Gasteiger partial charge in [-0.3, -0.25) is 4.98 Å². The van der Waals surface area contributed by atoms with Gasteiger partial charge in [0.15, 0.2) is 5.70 Å². The minimum Gasteiger partial charge on any atom is -0.393 e. The lowest BCUT2D eigenvalue weighted by atomic mass is 9.85. The molecule has 6 heteroatoms. The number of rotatable bonds is 3. The molecule has 4 rings (SSSR count). The average Bonchev–Trinajstić information content (AvgIpc) is 3.08. The zero-order valence-electron chi connectivity index (χ0n) is 18.3. The molecular formula is C23H28BF2N3. The van der Waals surface area contributed by atoms with Crippen LogP contribution in [-0.2, 0) is 6.42 Å². The monoisotopic (exact) mass is 395 g/mol. The van der Waals surface area contributed by atoms with Crippen molar-refractivity contribution >= 4 is 18.3 Å². The van der Waals surface area contributed by atoms with Crippen molar-refractivity contribution in [2.45, 2.75) is 61.3 Å². The van der Waals surface area contributed by atoms with E-state index in [9.17, 15) is 0 Å². The summed E-state index contributed by atoms with van der Waals surface area (Å²) in [5.74, 6) is 0. The first-order chi connectivity index (χ1) is 13.7. The van der Waals surface area contributed by atoms with Gasteiger partial charge in [-0.05, 0) is 69.0 Å². The molecule has 29 heavy (non-hydrogen) atoms. The summed E-state index contributed by atoms with van der Waals surface area (Å²) >= 11 is 0. The second-order valence-electron chi connectivity index (χ2n) is 8.21. The lowest BCUT2D eigenvalue weighted by molar-refractivity contribution is -0.363. The summed E-state index contributed by atoms with van der Waals surface area (Å²) in [6.07, 6.45) is 3.27. The van der Waals surface area contributed by atoms with Gasteiger partial charge in [-0.25, -0.2) is 0 Å². The highest BCUT2D eigenvalue weighted by Gasteiger charge is 2.56. The van der Waals surface area contributed by atoms with E-state index in [0.717, 1.165) is 51.9 Å². The van der Waals surface area contributed by atoms with Gasteiger partial charge < -0.3 is 17.6 Å². The van der Waals surface area contributed by atoms with E-state index < -0.39 is 6.97 Å². The van der Waals surface area contributed by atoms with E-state index in [0.29, 0.717) is 22.8 Å². The molecule has 0 spiro atoms. The number of hydrogen-bond acceptors (Lipinski definition) is 1. The van der Waals surface area contributed by atoms with Crippen LogP contribution < -0.4 is 0 Å². The first-order valence-electron chi connectivity index (χ1n) is 10.4. The number of hydrogen-bond donors (Lipinski definition) is 0. The molecule has 0 unspecified atom stereocenters. The molecule has 2 aliphatic heterocycles. The maximum absolute atomic E-state index is 16.1. The fourth-order valence-electron chi connectivity index (χ4n) is 5.34. The van der Waals surface area contributed by atoms with Crippen LogP contribution in [0.3, 0.4) is 0 Å². The molecule has 0 amide bonds. The average molecular weight is 395 g/mol. The third kappa shape index (κ3) is 2.47. The zero-order valence-corrected chi connectivity index (χ0v) is 18.3. The van der Waals surface area contributed by atoms with Crippen molar-refractivity contribution in [3.05, 3.63) is 68.9 Å². The Morgan fingerprint density at radius 2 is 1.72 bits per heavy atom. The predicted molar refractivity (Wildman–Crippen MR) is 116 cm³/mol. The highest BCUT2D eigenvalue weighted by atomic mass is 19.2. The molecule has 152 valence electrons. The van der Waals surface area contributed by atoms with Crippen molar-refractivity contribution in [2.24, 2.45) is 0 Å². The summed E-state index contributed by atoms with van der Waals surface area (Å²) in [5.41, 5.74) is 9.05. The van der Waals surface area contributed by atoms with Crippen LogP contribution in [0.4, 0.5) is 8.63 Å². The summed E-state index contributed by atoms with van der Waals surface area (Å²) < 4.78 is 34.7. The van der Waals surface area contributed by atoms with Crippen LogP contribution in [0.1, 0.15) is 67.9 Å². The van der Waals surface area contributed by atoms with Gasteiger partial charge >= 0.3 is 6.97 Å². The molecule has 0 N–H and O–H groups in total. The maximum Gasteiger partial charge on any atom is 0.737 e. The van der Waals surface area contributed by atoms with Crippen LogP contribution in [0, 0.1) is 20.8 Å². The molecule has 2 aliphatic rings. The van der Waals surface area contributed by atoms with Crippen molar-refractivity contribution in [1.82, 2.24) is 9.46 Å². The van der Waals surface area contributed by atoms with Crippen LogP contribution in [0.5, 0.6) is 0 Å². The summed E-state index contributed by atoms with van der Waals surface area (Å²) in [5, 5.41) is 0. The highest BCUT2D eigenvalue weighted by Crippen LogP contribution is 2.46. The first-order valence-corrected chi connectivity index (χ1v) is 10.4. The van der Waals surface area contributed by atoms with Crippen molar-refractivity contribution in [3.8, 4) is 0 Å². The van der Waals surface area contributed by atoms with Gasteiger partial charge in [0.25, 0.3) is 0 Å². The Hall–Kier alpha value is -2.50. The summed E-state index contributed by atoms with van der Waals surface area (Å²) in [6, 6.07) is 3.95. The highest BCUT2D eigenvalue weighted by molar-refractivity contribution is 6.58. The molecule has 0 atom stereocenters. The molecule has 3 nitrogen and oxygen atoms in total. The molecule has 2 aromatic heterocycles. The van der Waals surface area contributed by atoms with Gasteiger partial charge in [-0.1, -0.05) is 19.9 Å². The normalized spacial score (nSPS) is 18.0. The second kappa shape index (κ2) is 6.51. The van der Waals surface area contributed by atoms with Crippen LogP contribution >= 0.6 is 0 Å². The smallest absolute Gasteiger partial charge is 0.393 e. The van der Waals surface area contributed by atoms with Gasteiger partial charge in [0.1, 0.15) is 5.71 Å². The molecular weight excluding hydrogens is 367 g/mol. The molecule has 0 fully saturated rings. The van der Waals surface area contributed by atoms with E-state index in [1.54, 1.807) is 0 Å². The van der Waals surface area contributed by atoms with Gasteiger partial charge in [-0.15, -0.1) is 0 Å². The molecule has 4 heterocycles. The number of nitrogens with zero attached hydrogens (tertiary/aromatic N) is 3. The standard InChI is InChI=1S/C23H28BF2N3/c1-8-18-14(4)22-21(20-11-10-13(3)12-27-20)23-15(5)19(9-2)17(7)29(23)24(25,26)28(22)16(18)6/h10-12H,8-9H2,1-7H3. The largest absolute Gasteiger partial charge is 0.737 e. The number of aryl methyl sites for hydroxylation is 1. The Kier molecular flexibility index (Phi) is 4.45. The number of halogens is 2.